The van der Waals surface area contributed by atoms with Crippen LogP contribution in [0.25, 0.3) is 0 Å². The number of hydrogen-bond acceptors (Lipinski definition) is 2. The molecule has 1 aliphatic rings. The summed E-state index contributed by atoms with van der Waals surface area (Å²) in [5.41, 5.74) is 0.731. The van der Waals surface area contributed by atoms with Crippen molar-refractivity contribution in [2.24, 2.45) is 0 Å². The molecule has 2 N–H and O–H groups in total. The van der Waals surface area contributed by atoms with Crippen molar-refractivity contribution in [2.45, 2.75) is 25.8 Å². The highest BCUT2D eigenvalue weighted by Crippen LogP contribution is 2.19. The molecule has 1 aromatic rings. The van der Waals surface area contributed by atoms with Crippen molar-refractivity contribution in [1.29, 1.82) is 0 Å². The van der Waals surface area contributed by atoms with Gasteiger partial charge in [-0.15, -0.1) is 0 Å². The second-order valence-electron chi connectivity index (χ2n) is 4.83. The highest BCUT2D eigenvalue weighted by Gasteiger charge is 2.23. The predicted octanol–water partition coefficient (Wildman–Crippen LogP) is 2.15. The Labute approximate surface area is 123 Å². The molecule has 1 saturated carbocycles. The Morgan fingerprint density at radius 2 is 2.15 bits per heavy atom. The van der Waals surface area contributed by atoms with Crippen LogP contribution in [0, 0.1) is 0 Å². The number of rotatable bonds is 5. The van der Waals surface area contributed by atoms with Crippen LogP contribution >= 0.6 is 11.6 Å². The summed E-state index contributed by atoms with van der Waals surface area (Å²) in [6, 6.07) is 7.24. The van der Waals surface area contributed by atoms with Crippen LogP contribution in [-0.4, -0.2) is 31.1 Å². The second-order valence-corrected chi connectivity index (χ2v) is 5.26. The highest BCUT2D eigenvalue weighted by atomic mass is 35.5. The minimum atomic E-state index is -0.179. The van der Waals surface area contributed by atoms with Gasteiger partial charge in [-0.05, 0) is 31.0 Å². The fourth-order valence-corrected chi connectivity index (χ4v) is 2.04. The Hall–Kier alpha value is -1.75. The maximum atomic E-state index is 11.7. The third-order valence-electron chi connectivity index (χ3n) is 3.03. The van der Waals surface area contributed by atoms with Crippen molar-refractivity contribution in [3.05, 3.63) is 29.3 Å². The summed E-state index contributed by atoms with van der Waals surface area (Å²) in [5, 5.41) is 6.15. The first-order valence-electron chi connectivity index (χ1n) is 6.64. The molecule has 6 heteroatoms. The van der Waals surface area contributed by atoms with Gasteiger partial charge in [0.05, 0.1) is 0 Å². The van der Waals surface area contributed by atoms with E-state index in [9.17, 15) is 9.59 Å². The molecule has 20 heavy (non-hydrogen) atoms. The zero-order valence-electron chi connectivity index (χ0n) is 11.4. The minimum absolute atomic E-state index is 0.0864. The maximum Gasteiger partial charge on any atom is 0.315 e. The molecule has 0 unspecified atom stereocenters. The number of amides is 3. The number of hydrogen-bond donors (Lipinski definition) is 2. The van der Waals surface area contributed by atoms with Crippen LogP contribution in [0.5, 0.6) is 0 Å². The van der Waals surface area contributed by atoms with Gasteiger partial charge in [0.1, 0.15) is 0 Å². The van der Waals surface area contributed by atoms with Crippen LogP contribution in [0.2, 0.25) is 5.02 Å². The first-order chi connectivity index (χ1) is 9.56. The van der Waals surface area contributed by atoms with Crippen molar-refractivity contribution in [3.63, 3.8) is 0 Å². The molecule has 0 atom stereocenters. The zero-order valence-corrected chi connectivity index (χ0v) is 12.1. The summed E-state index contributed by atoms with van der Waals surface area (Å²) < 4.78 is 0. The van der Waals surface area contributed by atoms with E-state index in [1.165, 1.54) is 6.92 Å². The first-order valence-corrected chi connectivity index (χ1v) is 7.02. The smallest absolute Gasteiger partial charge is 0.315 e. The van der Waals surface area contributed by atoms with Gasteiger partial charge in [0.15, 0.2) is 0 Å². The van der Waals surface area contributed by atoms with E-state index < -0.39 is 0 Å². The molecule has 0 aliphatic heterocycles. The number of benzene rings is 1. The fraction of sp³-hybridized carbons (Fsp3) is 0.429. The van der Waals surface area contributed by atoms with Crippen molar-refractivity contribution in [2.75, 3.05) is 18.0 Å². The van der Waals surface area contributed by atoms with E-state index in [1.54, 1.807) is 23.1 Å². The molecule has 2 rings (SSSR count). The molecule has 0 bridgehead atoms. The average molecular weight is 296 g/mol. The molecule has 3 amide bonds. The van der Waals surface area contributed by atoms with Crippen LogP contribution in [0.1, 0.15) is 19.8 Å². The van der Waals surface area contributed by atoms with Gasteiger partial charge < -0.3 is 15.5 Å². The summed E-state index contributed by atoms with van der Waals surface area (Å²) in [6.45, 7) is 2.30. The van der Waals surface area contributed by atoms with Gasteiger partial charge in [0.25, 0.3) is 0 Å². The molecule has 108 valence electrons. The van der Waals surface area contributed by atoms with E-state index in [0.717, 1.165) is 18.5 Å². The number of urea groups is 1. The molecule has 5 nitrogen and oxygen atoms in total. The Kier molecular flexibility index (Phi) is 4.84. The Bertz CT molecular complexity index is 503. The standard InChI is InChI=1S/C14H18ClN3O2/c1-10(19)18(13-4-2-3-11(15)9-13)8-7-16-14(20)17-12-5-6-12/h2-4,9,12H,5-8H2,1H3,(H2,16,17,20). The molecule has 0 heterocycles. The van der Waals surface area contributed by atoms with Gasteiger partial charge in [-0.3, -0.25) is 4.79 Å². The number of halogens is 1. The van der Waals surface area contributed by atoms with Crippen molar-refractivity contribution in [3.8, 4) is 0 Å². The van der Waals surface area contributed by atoms with Gasteiger partial charge in [-0.1, -0.05) is 17.7 Å². The number of anilines is 1. The summed E-state index contributed by atoms with van der Waals surface area (Å²) in [5.74, 6) is -0.0864. The van der Waals surface area contributed by atoms with Gasteiger partial charge in [-0.2, -0.15) is 0 Å². The van der Waals surface area contributed by atoms with E-state index in [4.69, 9.17) is 11.6 Å². The van der Waals surface area contributed by atoms with Crippen LogP contribution < -0.4 is 15.5 Å². The van der Waals surface area contributed by atoms with E-state index >= 15 is 0 Å². The number of nitrogens with zero attached hydrogens (tertiary/aromatic N) is 1. The van der Waals surface area contributed by atoms with Crippen LogP contribution in [-0.2, 0) is 4.79 Å². The van der Waals surface area contributed by atoms with Gasteiger partial charge in [0, 0.05) is 36.8 Å². The Morgan fingerprint density at radius 1 is 1.40 bits per heavy atom. The fourth-order valence-electron chi connectivity index (χ4n) is 1.86. The normalized spacial score (nSPS) is 13.7. The van der Waals surface area contributed by atoms with E-state index in [2.05, 4.69) is 10.6 Å². The lowest BCUT2D eigenvalue weighted by Gasteiger charge is -2.21. The number of carbonyl (C=O) groups is 2. The zero-order chi connectivity index (χ0) is 14.5. The lowest BCUT2D eigenvalue weighted by atomic mass is 10.3. The average Bonchev–Trinajstić information content (AvgIpc) is 3.18. The van der Waals surface area contributed by atoms with Crippen molar-refractivity contribution in [1.82, 2.24) is 10.6 Å². The first kappa shape index (κ1) is 14.7. The third kappa shape index (κ3) is 4.42. The number of carbonyl (C=O) groups excluding carboxylic acids is 2. The van der Waals surface area contributed by atoms with Gasteiger partial charge in [-0.25, -0.2) is 4.79 Å². The van der Waals surface area contributed by atoms with Crippen molar-refractivity contribution < 1.29 is 9.59 Å². The maximum absolute atomic E-state index is 11.7. The SMILES string of the molecule is CC(=O)N(CCNC(=O)NC1CC1)c1cccc(Cl)c1. The molecule has 0 spiro atoms. The van der Waals surface area contributed by atoms with E-state index in [0.29, 0.717) is 24.2 Å². The Balaban J connectivity index is 1.86. The Morgan fingerprint density at radius 3 is 2.75 bits per heavy atom. The van der Waals surface area contributed by atoms with Crippen LogP contribution in [0.3, 0.4) is 0 Å². The lowest BCUT2D eigenvalue weighted by molar-refractivity contribution is -0.116. The van der Waals surface area contributed by atoms with Gasteiger partial charge >= 0.3 is 6.03 Å². The molecule has 1 aliphatic carbocycles. The number of nitrogens with one attached hydrogen (secondary N) is 2. The quantitative estimate of drug-likeness (QED) is 0.874. The van der Waals surface area contributed by atoms with Crippen LogP contribution in [0.4, 0.5) is 10.5 Å². The lowest BCUT2D eigenvalue weighted by Crippen LogP contribution is -2.42. The topological polar surface area (TPSA) is 61.4 Å². The molecule has 0 aromatic heterocycles. The largest absolute Gasteiger partial charge is 0.336 e. The molecule has 0 saturated heterocycles. The highest BCUT2D eigenvalue weighted by molar-refractivity contribution is 6.30. The summed E-state index contributed by atoms with van der Waals surface area (Å²) in [6.07, 6.45) is 2.10. The summed E-state index contributed by atoms with van der Waals surface area (Å²) in [4.78, 5) is 24.7. The monoisotopic (exact) mass is 295 g/mol. The van der Waals surface area contributed by atoms with E-state index in [1.807, 2.05) is 6.07 Å². The molecule has 0 radical (unpaired) electrons. The predicted molar refractivity (Wildman–Crippen MR) is 79.0 cm³/mol. The molecular weight excluding hydrogens is 278 g/mol. The minimum Gasteiger partial charge on any atom is -0.336 e. The van der Waals surface area contributed by atoms with Crippen LogP contribution in [0.15, 0.2) is 24.3 Å². The van der Waals surface area contributed by atoms with Gasteiger partial charge in [0.2, 0.25) is 5.91 Å². The molecule has 1 aromatic carbocycles. The summed E-state index contributed by atoms with van der Waals surface area (Å²) in [7, 11) is 0. The van der Waals surface area contributed by atoms with E-state index in [-0.39, 0.29) is 11.9 Å². The molecular formula is C14H18ClN3O2. The van der Waals surface area contributed by atoms with Crippen molar-refractivity contribution >= 4 is 29.2 Å². The second kappa shape index (κ2) is 6.61. The summed E-state index contributed by atoms with van der Waals surface area (Å²) >= 11 is 5.92. The molecule has 1 fully saturated rings. The third-order valence-corrected chi connectivity index (χ3v) is 3.27.